The molecule has 84 valence electrons. The zero-order valence-corrected chi connectivity index (χ0v) is 11.0. The maximum Gasteiger partial charge on any atom is 0.0486 e. The van der Waals surface area contributed by atoms with E-state index in [1.165, 1.54) is 0 Å². The van der Waals surface area contributed by atoms with E-state index in [4.69, 9.17) is 5.73 Å². The molecule has 1 aromatic carbocycles. The predicted octanol–water partition coefficient (Wildman–Crippen LogP) is 2.39. The number of nitrogen functional groups attached to an aromatic ring is 1. The third-order valence-corrected chi connectivity index (χ3v) is 3.12. The predicted molar refractivity (Wildman–Crippen MR) is 70.2 cm³/mol. The Balaban J connectivity index is 2.58. The van der Waals surface area contributed by atoms with Crippen LogP contribution >= 0.6 is 15.9 Å². The van der Waals surface area contributed by atoms with Crippen LogP contribution in [0.5, 0.6) is 0 Å². The van der Waals surface area contributed by atoms with Crippen LogP contribution in [0.4, 0.5) is 11.4 Å². The lowest BCUT2D eigenvalue weighted by atomic mass is 10.2. The minimum absolute atomic E-state index is 0.495. The minimum atomic E-state index is 0.495. The maximum atomic E-state index is 5.67. The van der Waals surface area contributed by atoms with E-state index in [0.29, 0.717) is 6.04 Å². The lowest BCUT2D eigenvalue weighted by Crippen LogP contribution is -2.31. The lowest BCUT2D eigenvalue weighted by molar-refractivity contribution is 0.326. The van der Waals surface area contributed by atoms with Crippen molar-refractivity contribution in [3.63, 3.8) is 0 Å². The van der Waals surface area contributed by atoms with E-state index in [1.54, 1.807) is 0 Å². The van der Waals surface area contributed by atoms with E-state index < -0.39 is 0 Å². The topological polar surface area (TPSA) is 41.3 Å². The van der Waals surface area contributed by atoms with Gasteiger partial charge in [0.1, 0.15) is 0 Å². The van der Waals surface area contributed by atoms with Crippen molar-refractivity contribution in [3.05, 3.63) is 22.7 Å². The highest BCUT2D eigenvalue weighted by molar-refractivity contribution is 9.10. The van der Waals surface area contributed by atoms with E-state index in [9.17, 15) is 0 Å². The van der Waals surface area contributed by atoms with Gasteiger partial charge in [-0.15, -0.1) is 0 Å². The smallest absolute Gasteiger partial charge is 0.0486 e. The molecule has 0 aliphatic rings. The van der Waals surface area contributed by atoms with Crippen molar-refractivity contribution < 1.29 is 0 Å². The molecule has 1 aromatic rings. The van der Waals surface area contributed by atoms with Crippen LogP contribution in [0, 0.1) is 0 Å². The first kappa shape index (κ1) is 12.3. The van der Waals surface area contributed by atoms with Gasteiger partial charge < -0.3 is 16.0 Å². The Bertz CT molecular complexity index is 326. The summed E-state index contributed by atoms with van der Waals surface area (Å²) in [5, 5.41) is 3.38. The fraction of sp³-hybridized carbons (Fsp3) is 0.455. The molecule has 0 amide bonds. The van der Waals surface area contributed by atoms with Gasteiger partial charge in [-0.3, -0.25) is 0 Å². The number of benzene rings is 1. The normalized spacial score (nSPS) is 12.9. The molecule has 3 N–H and O–H groups in total. The van der Waals surface area contributed by atoms with Crippen LogP contribution in [-0.4, -0.2) is 31.6 Å². The molecule has 4 heteroatoms. The van der Waals surface area contributed by atoms with Gasteiger partial charge in [0.25, 0.3) is 0 Å². The molecule has 1 unspecified atom stereocenters. The monoisotopic (exact) mass is 271 g/mol. The molecule has 1 rings (SSSR count). The van der Waals surface area contributed by atoms with Crippen LogP contribution < -0.4 is 11.1 Å². The Hall–Kier alpha value is -0.740. The number of nitrogens with zero attached hydrogens (tertiary/aromatic N) is 1. The molecule has 0 spiro atoms. The van der Waals surface area contributed by atoms with Gasteiger partial charge in [0.2, 0.25) is 0 Å². The van der Waals surface area contributed by atoms with Crippen LogP contribution in [0.2, 0.25) is 0 Å². The van der Waals surface area contributed by atoms with Crippen molar-refractivity contribution >= 4 is 27.3 Å². The zero-order chi connectivity index (χ0) is 11.4. The van der Waals surface area contributed by atoms with Crippen molar-refractivity contribution in [1.29, 1.82) is 0 Å². The molecule has 15 heavy (non-hydrogen) atoms. The van der Waals surface area contributed by atoms with Crippen LogP contribution in [0.1, 0.15) is 6.92 Å². The fourth-order valence-electron chi connectivity index (χ4n) is 1.11. The van der Waals surface area contributed by atoms with Gasteiger partial charge in [-0.05, 0) is 55.1 Å². The second-order valence-electron chi connectivity index (χ2n) is 3.93. The Morgan fingerprint density at radius 1 is 1.47 bits per heavy atom. The lowest BCUT2D eigenvalue weighted by Gasteiger charge is -2.21. The number of likely N-dealkylation sites (N-methyl/N-ethyl adjacent to an activating group) is 1. The quantitative estimate of drug-likeness (QED) is 0.827. The number of nitrogens with two attached hydrogens (primary N) is 1. The van der Waals surface area contributed by atoms with Gasteiger partial charge in [0, 0.05) is 28.4 Å². The zero-order valence-electron chi connectivity index (χ0n) is 9.42. The highest BCUT2D eigenvalue weighted by Crippen LogP contribution is 2.24. The molecular formula is C11H18BrN3. The molecule has 0 bridgehead atoms. The summed E-state index contributed by atoms with van der Waals surface area (Å²) in [6.07, 6.45) is 0. The van der Waals surface area contributed by atoms with Crippen molar-refractivity contribution in [3.8, 4) is 0 Å². The van der Waals surface area contributed by atoms with Gasteiger partial charge in [-0.2, -0.15) is 0 Å². The molecule has 0 aliphatic carbocycles. The number of nitrogens with one attached hydrogen (secondary N) is 1. The summed E-state index contributed by atoms with van der Waals surface area (Å²) in [6.45, 7) is 3.09. The van der Waals surface area contributed by atoms with E-state index in [-0.39, 0.29) is 0 Å². The molecular weight excluding hydrogens is 254 g/mol. The molecule has 0 fully saturated rings. The summed E-state index contributed by atoms with van der Waals surface area (Å²) in [5.41, 5.74) is 7.52. The average molecular weight is 272 g/mol. The summed E-state index contributed by atoms with van der Waals surface area (Å²) < 4.78 is 1.01. The molecule has 0 radical (unpaired) electrons. The van der Waals surface area contributed by atoms with E-state index >= 15 is 0 Å². The number of hydrogen-bond donors (Lipinski definition) is 2. The van der Waals surface area contributed by atoms with E-state index in [2.05, 4.69) is 47.2 Å². The van der Waals surface area contributed by atoms with Gasteiger partial charge in [-0.25, -0.2) is 0 Å². The fourth-order valence-corrected chi connectivity index (χ4v) is 1.65. The molecule has 0 aliphatic heterocycles. The Morgan fingerprint density at radius 3 is 2.67 bits per heavy atom. The average Bonchev–Trinajstić information content (AvgIpc) is 2.15. The van der Waals surface area contributed by atoms with Gasteiger partial charge in [0.05, 0.1) is 0 Å². The van der Waals surface area contributed by atoms with Crippen molar-refractivity contribution in [2.24, 2.45) is 0 Å². The van der Waals surface area contributed by atoms with E-state index in [0.717, 1.165) is 22.4 Å². The summed E-state index contributed by atoms with van der Waals surface area (Å²) in [4.78, 5) is 2.18. The highest BCUT2D eigenvalue weighted by atomic mass is 79.9. The molecule has 1 atom stereocenters. The minimum Gasteiger partial charge on any atom is -0.399 e. The summed E-state index contributed by atoms with van der Waals surface area (Å²) >= 11 is 3.48. The second kappa shape index (κ2) is 5.37. The summed E-state index contributed by atoms with van der Waals surface area (Å²) in [5.74, 6) is 0. The van der Waals surface area contributed by atoms with Crippen molar-refractivity contribution in [2.75, 3.05) is 31.7 Å². The van der Waals surface area contributed by atoms with Crippen molar-refractivity contribution in [1.82, 2.24) is 4.90 Å². The molecule has 0 aromatic heterocycles. The molecule has 0 saturated carbocycles. The van der Waals surface area contributed by atoms with Gasteiger partial charge in [-0.1, -0.05) is 0 Å². The third kappa shape index (κ3) is 3.72. The van der Waals surface area contributed by atoms with Crippen molar-refractivity contribution in [2.45, 2.75) is 13.0 Å². The molecule has 0 saturated heterocycles. The summed E-state index contributed by atoms with van der Waals surface area (Å²) in [7, 11) is 4.15. The Labute approximate surface area is 99.8 Å². The Kier molecular flexibility index (Phi) is 4.42. The van der Waals surface area contributed by atoms with Gasteiger partial charge >= 0.3 is 0 Å². The van der Waals surface area contributed by atoms with Crippen LogP contribution in [0.3, 0.4) is 0 Å². The first-order valence-corrected chi connectivity index (χ1v) is 5.75. The molecule has 3 nitrogen and oxygen atoms in total. The first-order chi connectivity index (χ1) is 7.00. The first-order valence-electron chi connectivity index (χ1n) is 4.96. The standard InChI is InChI=1S/C11H18BrN3/c1-8(15(2)3)7-14-11-5-4-9(13)6-10(11)12/h4-6,8,14H,7,13H2,1-3H3. The van der Waals surface area contributed by atoms with Gasteiger partial charge in [0.15, 0.2) is 0 Å². The van der Waals surface area contributed by atoms with E-state index in [1.807, 2.05) is 18.2 Å². The maximum absolute atomic E-state index is 5.67. The van der Waals surface area contributed by atoms with Crippen LogP contribution in [0.15, 0.2) is 22.7 Å². The highest BCUT2D eigenvalue weighted by Gasteiger charge is 2.05. The number of halogens is 1. The second-order valence-corrected chi connectivity index (χ2v) is 4.79. The SMILES string of the molecule is CC(CNc1ccc(N)cc1Br)N(C)C. The largest absolute Gasteiger partial charge is 0.399 e. The Morgan fingerprint density at radius 2 is 2.13 bits per heavy atom. The number of hydrogen-bond acceptors (Lipinski definition) is 3. The summed E-state index contributed by atoms with van der Waals surface area (Å²) in [6, 6.07) is 6.28. The van der Waals surface area contributed by atoms with Crippen LogP contribution in [-0.2, 0) is 0 Å². The number of anilines is 2. The van der Waals surface area contributed by atoms with Crippen LogP contribution in [0.25, 0.3) is 0 Å². The molecule has 0 heterocycles. The number of rotatable bonds is 4. The third-order valence-electron chi connectivity index (χ3n) is 2.46.